The first-order valence-electron chi connectivity index (χ1n) is 11.9. The van der Waals surface area contributed by atoms with Gasteiger partial charge in [0, 0.05) is 44.5 Å². The number of aromatic nitrogens is 5. The number of piperazine rings is 1. The van der Waals surface area contributed by atoms with Gasteiger partial charge in [0.05, 0.1) is 17.3 Å². The van der Waals surface area contributed by atoms with Gasteiger partial charge in [-0.1, -0.05) is 18.3 Å². The summed E-state index contributed by atoms with van der Waals surface area (Å²) in [5, 5.41) is 18.3. The molecule has 180 valence electrons. The number of fused-ring (bicyclic) bond motifs is 2. The van der Waals surface area contributed by atoms with Crippen molar-refractivity contribution in [3.63, 3.8) is 0 Å². The lowest BCUT2D eigenvalue weighted by atomic mass is 9.99. The summed E-state index contributed by atoms with van der Waals surface area (Å²) in [7, 11) is 0. The van der Waals surface area contributed by atoms with Crippen molar-refractivity contribution in [2.75, 3.05) is 42.5 Å². The Balaban J connectivity index is 1.28. The van der Waals surface area contributed by atoms with Crippen molar-refractivity contribution in [1.29, 1.82) is 0 Å². The lowest BCUT2D eigenvalue weighted by Crippen LogP contribution is -2.43. The molecule has 4 aromatic rings. The fourth-order valence-electron chi connectivity index (χ4n) is 6.17. The zero-order valence-electron chi connectivity index (χ0n) is 19.2. The third-order valence-electron chi connectivity index (χ3n) is 7.89. The molecule has 2 aliphatic heterocycles. The summed E-state index contributed by atoms with van der Waals surface area (Å²) in [6.07, 6.45) is 4.55. The Bertz CT molecular complexity index is 1430. The van der Waals surface area contributed by atoms with E-state index in [9.17, 15) is 8.78 Å². The number of hydrogen-bond acceptors (Lipinski definition) is 8. The Hall–Kier alpha value is -3.18. The number of hydrogen-bond donors (Lipinski definition) is 1. The highest BCUT2D eigenvalue weighted by Crippen LogP contribution is 2.68. The fraction of sp³-hybridized carbons (Fsp3) is 0.417. The van der Waals surface area contributed by atoms with Crippen LogP contribution in [0.1, 0.15) is 18.9 Å². The summed E-state index contributed by atoms with van der Waals surface area (Å²) in [6.45, 7) is 6.52. The molecule has 1 N–H and O–H groups in total. The normalized spacial score (nSPS) is 25.9. The summed E-state index contributed by atoms with van der Waals surface area (Å²) >= 11 is 1.54. The van der Waals surface area contributed by atoms with Crippen LogP contribution in [0.3, 0.4) is 0 Å². The third kappa shape index (κ3) is 3.04. The first kappa shape index (κ1) is 21.1. The van der Waals surface area contributed by atoms with Gasteiger partial charge in [0.1, 0.15) is 17.5 Å². The van der Waals surface area contributed by atoms with E-state index in [2.05, 4.69) is 37.3 Å². The Morgan fingerprint density at radius 2 is 1.97 bits per heavy atom. The number of anilines is 2. The first-order valence-corrected chi connectivity index (χ1v) is 12.8. The van der Waals surface area contributed by atoms with Crippen molar-refractivity contribution in [2.24, 2.45) is 11.8 Å². The van der Waals surface area contributed by atoms with E-state index < -0.39 is 11.4 Å². The summed E-state index contributed by atoms with van der Waals surface area (Å²) in [5.41, 5.74) is 1.34. The molecule has 0 bridgehead atoms. The van der Waals surface area contributed by atoms with E-state index in [1.54, 1.807) is 10.7 Å². The van der Waals surface area contributed by atoms with Crippen molar-refractivity contribution in [1.82, 2.24) is 30.1 Å². The van der Waals surface area contributed by atoms with Crippen LogP contribution >= 0.6 is 11.3 Å². The van der Waals surface area contributed by atoms with Crippen LogP contribution in [0.15, 0.2) is 36.7 Å². The van der Waals surface area contributed by atoms with Crippen LogP contribution in [-0.4, -0.2) is 57.5 Å². The number of nitrogens with one attached hydrogen (secondary N) is 1. The van der Waals surface area contributed by atoms with E-state index in [0.29, 0.717) is 11.2 Å². The van der Waals surface area contributed by atoms with Gasteiger partial charge in [-0.15, -0.1) is 10.2 Å². The maximum Gasteiger partial charge on any atom is 0.208 e. The molecule has 1 saturated carbocycles. The van der Waals surface area contributed by atoms with Gasteiger partial charge in [-0.25, -0.2) is 18.3 Å². The van der Waals surface area contributed by atoms with Gasteiger partial charge in [0.25, 0.3) is 0 Å². The van der Waals surface area contributed by atoms with Crippen LogP contribution < -0.4 is 15.1 Å². The lowest BCUT2D eigenvalue weighted by Gasteiger charge is -2.31. The monoisotopic (exact) mass is 494 g/mol. The zero-order valence-corrected chi connectivity index (χ0v) is 20.0. The van der Waals surface area contributed by atoms with Crippen molar-refractivity contribution >= 4 is 27.9 Å². The quantitative estimate of drug-likeness (QED) is 0.467. The minimum absolute atomic E-state index is 0.208. The number of benzene rings is 1. The highest BCUT2D eigenvalue weighted by Gasteiger charge is 2.70. The zero-order chi connectivity index (χ0) is 23.7. The predicted octanol–water partition coefficient (Wildman–Crippen LogP) is 3.31. The largest absolute Gasteiger partial charge is 0.346 e. The van der Waals surface area contributed by atoms with E-state index in [4.69, 9.17) is 4.98 Å². The van der Waals surface area contributed by atoms with Gasteiger partial charge < -0.3 is 15.1 Å². The van der Waals surface area contributed by atoms with E-state index in [0.717, 1.165) is 60.7 Å². The Morgan fingerprint density at radius 1 is 1.11 bits per heavy atom. The maximum atomic E-state index is 15.0. The second kappa shape index (κ2) is 7.66. The molecule has 0 amide bonds. The second-order valence-corrected chi connectivity index (χ2v) is 10.5. The van der Waals surface area contributed by atoms with E-state index in [1.165, 1.54) is 29.5 Å². The van der Waals surface area contributed by atoms with Crippen LogP contribution in [-0.2, 0) is 5.54 Å². The number of rotatable bonds is 4. The molecular formula is C24H24F2N8S. The summed E-state index contributed by atoms with van der Waals surface area (Å²) in [4.78, 5) is 9.37. The first-order chi connectivity index (χ1) is 17.1. The highest BCUT2D eigenvalue weighted by molar-refractivity contribution is 7.18. The summed E-state index contributed by atoms with van der Waals surface area (Å²) in [5.74, 6) is 0.430. The molecule has 35 heavy (non-hydrogen) atoms. The number of piperidine rings is 1. The van der Waals surface area contributed by atoms with Crippen LogP contribution in [0.2, 0.25) is 0 Å². The highest BCUT2D eigenvalue weighted by atomic mass is 32.1. The predicted molar refractivity (Wildman–Crippen MR) is 130 cm³/mol. The molecule has 0 spiro atoms. The van der Waals surface area contributed by atoms with Crippen molar-refractivity contribution in [2.45, 2.75) is 18.9 Å². The average Bonchev–Trinajstić information content (AvgIpc) is 3.39. The summed E-state index contributed by atoms with van der Waals surface area (Å²) in [6, 6.07) is 5.67. The van der Waals surface area contributed by atoms with Gasteiger partial charge in [0.2, 0.25) is 5.13 Å². The molecule has 0 unspecified atom stereocenters. The fourth-order valence-corrected chi connectivity index (χ4v) is 7.07. The third-order valence-corrected chi connectivity index (χ3v) is 8.90. The average molecular weight is 495 g/mol. The minimum Gasteiger partial charge on any atom is -0.346 e. The molecule has 2 saturated heterocycles. The molecule has 3 atom stereocenters. The lowest BCUT2D eigenvalue weighted by molar-refractivity contribution is 0.525. The number of nitrogens with zero attached hydrogens (tertiary/aromatic N) is 7. The molecule has 8 nitrogen and oxygen atoms in total. The molecule has 3 aromatic heterocycles. The van der Waals surface area contributed by atoms with Gasteiger partial charge in [-0.2, -0.15) is 5.10 Å². The standard InChI is InChI=1S/C24H24F2N8S/c1-14-17-4-8-33(24(14,17)18-12-15(25)2-3-19(18)26)20-5-9-34-21(29-20)16(13-28-34)22-30-31-23(35-22)32-10-6-27-7-11-32/h2-3,5,9,12-14,17,27H,4,6-8,10-11H2,1H3/t14-,17-,24+/m0/s1. The molecule has 3 aliphatic rings. The van der Waals surface area contributed by atoms with Crippen molar-refractivity contribution in [3.05, 3.63) is 53.9 Å². The molecule has 5 heterocycles. The van der Waals surface area contributed by atoms with Gasteiger partial charge >= 0.3 is 0 Å². The molecule has 0 radical (unpaired) electrons. The van der Waals surface area contributed by atoms with E-state index in [-0.39, 0.29) is 17.7 Å². The Morgan fingerprint density at radius 3 is 2.80 bits per heavy atom. The molecule has 7 rings (SSSR count). The summed E-state index contributed by atoms with van der Waals surface area (Å²) < 4.78 is 30.8. The number of halogens is 2. The van der Waals surface area contributed by atoms with E-state index in [1.807, 2.05) is 12.3 Å². The maximum absolute atomic E-state index is 15.0. The molecular weight excluding hydrogens is 470 g/mol. The molecule has 11 heteroatoms. The Labute approximate surface area is 204 Å². The van der Waals surface area contributed by atoms with Crippen LogP contribution in [0.25, 0.3) is 16.2 Å². The van der Waals surface area contributed by atoms with Crippen LogP contribution in [0.5, 0.6) is 0 Å². The van der Waals surface area contributed by atoms with Crippen molar-refractivity contribution in [3.8, 4) is 10.6 Å². The Kier molecular flexibility index (Phi) is 4.62. The minimum atomic E-state index is -0.573. The second-order valence-electron chi connectivity index (χ2n) is 9.52. The van der Waals surface area contributed by atoms with E-state index >= 15 is 0 Å². The molecule has 1 aromatic carbocycles. The molecule has 1 aliphatic carbocycles. The SMILES string of the molecule is C[C@H]1[C@@H]2CCN(c3ccn4ncc(-c5nnc(N6CCNCC6)s5)c4n3)[C@]12c1cc(F)ccc1F. The van der Waals surface area contributed by atoms with Gasteiger partial charge in [0.15, 0.2) is 10.7 Å². The van der Waals surface area contributed by atoms with Crippen LogP contribution in [0, 0.1) is 23.5 Å². The topological polar surface area (TPSA) is 74.5 Å². The van der Waals surface area contributed by atoms with Gasteiger partial charge in [-0.05, 0) is 42.5 Å². The van der Waals surface area contributed by atoms with Crippen LogP contribution in [0.4, 0.5) is 19.7 Å². The smallest absolute Gasteiger partial charge is 0.208 e. The van der Waals surface area contributed by atoms with Crippen molar-refractivity contribution < 1.29 is 8.78 Å². The molecule has 3 fully saturated rings. The van der Waals surface area contributed by atoms with Gasteiger partial charge in [-0.3, -0.25) is 0 Å².